The summed E-state index contributed by atoms with van der Waals surface area (Å²) >= 11 is 3.00. The van der Waals surface area contributed by atoms with Crippen molar-refractivity contribution in [1.29, 1.82) is 0 Å². The second-order valence-corrected chi connectivity index (χ2v) is 6.76. The molecule has 0 unspecified atom stereocenters. The van der Waals surface area contributed by atoms with Gasteiger partial charge in [-0.25, -0.2) is 4.98 Å². The first-order valence-corrected chi connectivity index (χ1v) is 9.33. The van der Waals surface area contributed by atoms with Crippen LogP contribution in [0.1, 0.15) is 10.4 Å². The second-order valence-electron chi connectivity index (χ2n) is 5.02. The first-order valence-electron chi connectivity index (χ1n) is 7.22. The topological polar surface area (TPSA) is 85.1 Å². The lowest BCUT2D eigenvalue weighted by Crippen LogP contribution is -2.11. The molecular formula is C17H13N3O3S2. The number of amides is 1. The number of carbonyl (C=O) groups excluding carboxylic acids is 1. The molecule has 126 valence electrons. The molecule has 6 nitrogen and oxygen atoms in total. The maximum atomic E-state index is 12.2. The van der Waals surface area contributed by atoms with Gasteiger partial charge in [-0.05, 0) is 30.5 Å². The zero-order valence-electron chi connectivity index (χ0n) is 13.1. The van der Waals surface area contributed by atoms with Crippen molar-refractivity contribution in [1.82, 2.24) is 4.98 Å². The van der Waals surface area contributed by atoms with E-state index < -0.39 is 4.92 Å². The highest BCUT2D eigenvalue weighted by Crippen LogP contribution is 2.27. The molecule has 0 spiro atoms. The molecule has 3 aromatic rings. The molecule has 1 amide bonds. The fourth-order valence-corrected chi connectivity index (χ4v) is 3.25. The van der Waals surface area contributed by atoms with Gasteiger partial charge in [0.05, 0.1) is 10.6 Å². The third-order valence-corrected chi connectivity index (χ3v) is 4.95. The van der Waals surface area contributed by atoms with Gasteiger partial charge in [0, 0.05) is 33.5 Å². The molecule has 2 aromatic carbocycles. The summed E-state index contributed by atoms with van der Waals surface area (Å²) in [6.07, 6.45) is 2.02. The number of carbonyl (C=O) groups is 1. The summed E-state index contributed by atoms with van der Waals surface area (Å²) in [7, 11) is 0. The van der Waals surface area contributed by atoms with E-state index >= 15 is 0 Å². The van der Waals surface area contributed by atoms with Gasteiger partial charge in [0.25, 0.3) is 11.6 Å². The minimum absolute atomic E-state index is 0.0539. The summed E-state index contributed by atoms with van der Waals surface area (Å²) in [6.45, 7) is 0. The lowest BCUT2D eigenvalue weighted by Gasteiger charge is -2.02. The van der Waals surface area contributed by atoms with E-state index in [4.69, 9.17) is 0 Å². The standard InChI is InChI=1S/C17H13N3O3S2/c1-24-14-8-4-11(5-9-14)15-10-25-17(18-15)19-16(21)12-2-6-13(7-3-12)20(22)23/h2-10H,1H3,(H,18,19,21). The van der Waals surface area contributed by atoms with Crippen LogP contribution in [0.5, 0.6) is 0 Å². The van der Waals surface area contributed by atoms with Crippen molar-refractivity contribution in [3.05, 3.63) is 69.6 Å². The molecule has 0 aliphatic carbocycles. The molecule has 3 rings (SSSR count). The Morgan fingerprint density at radius 1 is 1.16 bits per heavy atom. The fraction of sp³-hybridized carbons (Fsp3) is 0.0588. The van der Waals surface area contributed by atoms with Crippen molar-refractivity contribution in [2.45, 2.75) is 4.90 Å². The summed E-state index contributed by atoms with van der Waals surface area (Å²) in [4.78, 5) is 27.9. The predicted octanol–water partition coefficient (Wildman–Crippen LogP) is 4.69. The third kappa shape index (κ3) is 4.04. The number of anilines is 1. The number of benzene rings is 2. The quantitative estimate of drug-likeness (QED) is 0.399. The Hall–Kier alpha value is -2.71. The van der Waals surface area contributed by atoms with Crippen LogP contribution in [0, 0.1) is 10.1 Å². The van der Waals surface area contributed by atoms with Gasteiger partial charge in [0.1, 0.15) is 0 Å². The molecule has 1 N–H and O–H groups in total. The number of aromatic nitrogens is 1. The molecule has 1 heterocycles. The normalized spacial score (nSPS) is 10.4. The number of nitro benzene ring substituents is 1. The summed E-state index contributed by atoms with van der Waals surface area (Å²) in [5.74, 6) is -0.353. The molecule has 0 aliphatic heterocycles. The van der Waals surface area contributed by atoms with E-state index in [9.17, 15) is 14.9 Å². The predicted molar refractivity (Wildman–Crippen MR) is 100 cm³/mol. The molecule has 0 radical (unpaired) electrons. The molecule has 25 heavy (non-hydrogen) atoms. The first kappa shape index (κ1) is 17.1. The molecule has 0 saturated carbocycles. The number of hydrogen-bond acceptors (Lipinski definition) is 6. The van der Waals surface area contributed by atoms with E-state index in [1.54, 1.807) is 11.8 Å². The minimum atomic E-state index is -0.503. The Morgan fingerprint density at radius 2 is 1.84 bits per heavy atom. The van der Waals surface area contributed by atoms with Crippen LogP contribution in [0.2, 0.25) is 0 Å². The highest BCUT2D eigenvalue weighted by atomic mass is 32.2. The number of nitrogens with one attached hydrogen (secondary N) is 1. The third-order valence-electron chi connectivity index (χ3n) is 3.45. The van der Waals surface area contributed by atoms with Gasteiger partial charge in [0.2, 0.25) is 0 Å². The average molecular weight is 371 g/mol. The lowest BCUT2D eigenvalue weighted by molar-refractivity contribution is -0.384. The van der Waals surface area contributed by atoms with Gasteiger partial charge in [0.15, 0.2) is 5.13 Å². The molecule has 0 fully saturated rings. The van der Waals surface area contributed by atoms with Gasteiger partial charge < -0.3 is 0 Å². The molecule has 0 aliphatic rings. The zero-order valence-corrected chi connectivity index (χ0v) is 14.8. The minimum Gasteiger partial charge on any atom is -0.298 e. The fourth-order valence-electron chi connectivity index (χ4n) is 2.13. The lowest BCUT2D eigenvalue weighted by atomic mass is 10.2. The van der Waals surface area contributed by atoms with Crippen LogP contribution in [-0.2, 0) is 0 Å². The van der Waals surface area contributed by atoms with Crippen molar-refractivity contribution in [3.63, 3.8) is 0 Å². The Bertz CT molecular complexity index is 906. The van der Waals surface area contributed by atoms with Crippen molar-refractivity contribution >= 4 is 39.8 Å². The highest BCUT2D eigenvalue weighted by molar-refractivity contribution is 7.98. The van der Waals surface area contributed by atoms with E-state index in [0.29, 0.717) is 10.7 Å². The largest absolute Gasteiger partial charge is 0.298 e. The van der Waals surface area contributed by atoms with Gasteiger partial charge in [-0.15, -0.1) is 23.1 Å². The molecular weight excluding hydrogens is 358 g/mol. The number of nitrogens with zero attached hydrogens (tertiary/aromatic N) is 2. The van der Waals surface area contributed by atoms with Crippen LogP contribution >= 0.6 is 23.1 Å². The number of thioether (sulfide) groups is 1. The van der Waals surface area contributed by atoms with E-state index in [-0.39, 0.29) is 11.6 Å². The van der Waals surface area contributed by atoms with Crippen molar-refractivity contribution in [2.24, 2.45) is 0 Å². The number of nitro groups is 1. The maximum Gasteiger partial charge on any atom is 0.269 e. The van der Waals surface area contributed by atoms with Crippen LogP contribution in [0.25, 0.3) is 11.3 Å². The Morgan fingerprint density at radius 3 is 2.44 bits per heavy atom. The summed E-state index contributed by atoms with van der Waals surface area (Å²) in [6, 6.07) is 13.5. The number of hydrogen-bond donors (Lipinski definition) is 1. The van der Waals surface area contributed by atoms with Crippen LogP contribution in [-0.4, -0.2) is 22.1 Å². The smallest absolute Gasteiger partial charge is 0.269 e. The van der Waals surface area contributed by atoms with E-state index in [1.807, 2.05) is 35.9 Å². The van der Waals surface area contributed by atoms with Gasteiger partial charge in [-0.2, -0.15) is 0 Å². The first-order chi connectivity index (χ1) is 12.1. The van der Waals surface area contributed by atoms with Crippen molar-refractivity contribution in [3.8, 4) is 11.3 Å². The monoisotopic (exact) mass is 371 g/mol. The van der Waals surface area contributed by atoms with Gasteiger partial charge >= 0.3 is 0 Å². The Kier molecular flexibility index (Phi) is 5.11. The van der Waals surface area contributed by atoms with Crippen molar-refractivity contribution in [2.75, 3.05) is 11.6 Å². The summed E-state index contributed by atoms with van der Waals surface area (Å²) < 4.78 is 0. The Balaban J connectivity index is 1.71. The van der Waals surface area contributed by atoms with Crippen LogP contribution < -0.4 is 5.32 Å². The van der Waals surface area contributed by atoms with Gasteiger partial charge in [-0.1, -0.05) is 12.1 Å². The SMILES string of the molecule is CSc1ccc(-c2csc(NC(=O)c3ccc([N+](=O)[O-])cc3)n2)cc1. The molecule has 1 aromatic heterocycles. The van der Waals surface area contributed by atoms with Crippen LogP contribution in [0.3, 0.4) is 0 Å². The summed E-state index contributed by atoms with van der Waals surface area (Å²) in [5, 5.41) is 15.7. The number of rotatable bonds is 5. The highest BCUT2D eigenvalue weighted by Gasteiger charge is 2.12. The Labute approximate surface area is 152 Å². The van der Waals surface area contributed by atoms with Gasteiger partial charge in [-0.3, -0.25) is 20.2 Å². The molecule has 0 saturated heterocycles. The van der Waals surface area contributed by atoms with Crippen LogP contribution in [0.4, 0.5) is 10.8 Å². The maximum absolute atomic E-state index is 12.2. The summed E-state index contributed by atoms with van der Waals surface area (Å²) in [5.41, 5.74) is 2.05. The molecule has 8 heteroatoms. The molecule has 0 atom stereocenters. The zero-order chi connectivity index (χ0) is 17.8. The van der Waals surface area contributed by atoms with E-state index in [0.717, 1.165) is 11.3 Å². The molecule has 0 bridgehead atoms. The number of thiazole rings is 1. The van der Waals surface area contributed by atoms with E-state index in [2.05, 4.69) is 10.3 Å². The second kappa shape index (κ2) is 7.45. The van der Waals surface area contributed by atoms with Crippen molar-refractivity contribution < 1.29 is 9.72 Å². The average Bonchev–Trinajstić information content (AvgIpc) is 3.10. The number of non-ortho nitro benzene ring substituents is 1. The van der Waals surface area contributed by atoms with E-state index in [1.165, 1.54) is 40.5 Å². The van der Waals surface area contributed by atoms with Crippen LogP contribution in [0.15, 0.2) is 58.8 Å².